The molecule has 0 spiro atoms. The zero-order valence-electron chi connectivity index (χ0n) is 23.8. The van der Waals surface area contributed by atoms with Crippen LogP contribution in [-0.4, -0.2) is 31.4 Å². The van der Waals surface area contributed by atoms with E-state index in [-0.39, 0.29) is 48.1 Å². The van der Waals surface area contributed by atoms with Gasteiger partial charge in [0.05, 0.1) is 19.3 Å². The van der Waals surface area contributed by atoms with E-state index in [1.807, 2.05) is 18.2 Å². The summed E-state index contributed by atoms with van der Waals surface area (Å²) in [4.78, 5) is 10.9. The molecule has 3 aromatic carbocycles. The first kappa shape index (κ1) is 31.2. The number of carboxylic acids is 1. The van der Waals surface area contributed by atoms with Crippen molar-refractivity contribution in [1.82, 2.24) is 0 Å². The van der Waals surface area contributed by atoms with Crippen molar-refractivity contribution >= 4 is 5.97 Å². The van der Waals surface area contributed by atoms with E-state index in [9.17, 15) is 13.6 Å². The van der Waals surface area contributed by atoms with E-state index in [0.717, 1.165) is 11.1 Å². The number of rotatable bonds is 12. The second kappa shape index (κ2) is 14.9. The number of benzene rings is 3. The van der Waals surface area contributed by atoms with Crippen LogP contribution in [0.2, 0.25) is 0 Å². The van der Waals surface area contributed by atoms with Crippen LogP contribution in [-0.2, 0) is 27.3 Å². The second-order valence-electron chi connectivity index (χ2n) is 11.0. The average molecular weight is 555 g/mol. The van der Waals surface area contributed by atoms with Gasteiger partial charge in [-0.1, -0.05) is 82.5 Å². The Bertz CT molecular complexity index is 1250. The van der Waals surface area contributed by atoms with Gasteiger partial charge in [-0.15, -0.1) is 0 Å². The Balaban J connectivity index is 0.00000137. The zero-order chi connectivity index (χ0) is 29.1. The van der Waals surface area contributed by atoms with Gasteiger partial charge in [-0.2, -0.15) is 0 Å². The fraction of sp³-hybridized carbons (Fsp3) is 0.424. The molecular weight excluding hydrogens is 514 g/mol. The first-order chi connectivity index (χ1) is 19.1. The maximum Gasteiger partial charge on any atom is 0.303 e. The smallest absolute Gasteiger partial charge is 0.303 e. The van der Waals surface area contributed by atoms with Crippen LogP contribution >= 0.6 is 0 Å². The van der Waals surface area contributed by atoms with Crippen molar-refractivity contribution in [2.45, 2.75) is 65.6 Å². The highest BCUT2D eigenvalue weighted by molar-refractivity contribution is 5.69. The highest BCUT2D eigenvalue weighted by Crippen LogP contribution is 2.42. The molecule has 0 amide bonds. The molecule has 0 radical (unpaired) electrons. The molecule has 3 aromatic rings. The lowest BCUT2D eigenvalue weighted by Gasteiger charge is -2.33. The molecular formula is C33H40F2O5. The van der Waals surface area contributed by atoms with Gasteiger partial charge in [-0.3, -0.25) is 4.79 Å². The number of ether oxygens (including phenoxy) is 3. The molecule has 0 bridgehead atoms. The van der Waals surface area contributed by atoms with Gasteiger partial charge in [0.1, 0.15) is 12.4 Å². The van der Waals surface area contributed by atoms with E-state index in [0.29, 0.717) is 24.3 Å². The van der Waals surface area contributed by atoms with Gasteiger partial charge in [-0.05, 0) is 52.3 Å². The van der Waals surface area contributed by atoms with Gasteiger partial charge in [0.25, 0.3) is 0 Å². The summed E-state index contributed by atoms with van der Waals surface area (Å²) in [6.45, 7) is 7.01. The van der Waals surface area contributed by atoms with E-state index in [1.165, 1.54) is 31.4 Å². The predicted octanol–water partition coefficient (Wildman–Crippen LogP) is 8.15. The molecule has 0 saturated heterocycles. The minimum Gasteiger partial charge on any atom is -0.486 e. The summed E-state index contributed by atoms with van der Waals surface area (Å²) >= 11 is 0. The molecule has 40 heavy (non-hydrogen) atoms. The van der Waals surface area contributed by atoms with Crippen LogP contribution in [0.15, 0.2) is 60.7 Å². The van der Waals surface area contributed by atoms with Gasteiger partial charge < -0.3 is 19.3 Å². The zero-order valence-corrected chi connectivity index (χ0v) is 23.8. The van der Waals surface area contributed by atoms with Crippen molar-refractivity contribution in [3.05, 3.63) is 89.0 Å². The Kier molecular flexibility index (Phi) is 11.6. The van der Waals surface area contributed by atoms with Crippen molar-refractivity contribution in [2.75, 3.05) is 20.3 Å². The fourth-order valence-corrected chi connectivity index (χ4v) is 4.16. The predicted molar refractivity (Wildman–Crippen MR) is 152 cm³/mol. The van der Waals surface area contributed by atoms with Crippen LogP contribution in [0.3, 0.4) is 0 Å². The van der Waals surface area contributed by atoms with Gasteiger partial charge in [0, 0.05) is 19.1 Å². The first-order valence-electron chi connectivity index (χ1n) is 13.7. The molecule has 4 rings (SSSR count). The molecule has 1 aliphatic rings. The summed E-state index contributed by atoms with van der Waals surface area (Å²) in [6, 6.07) is 16.9. The monoisotopic (exact) mass is 554 g/mol. The lowest BCUT2D eigenvalue weighted by molar-refractivity contribution is -0.136. The van der Waals surface area contributed by atoms with Crippen LogP contribution in [0.4, 0.5) is 8.78 Å². The summed E-state index contributed by atoms with van der Waals surface area (Å²) in [5.74, 6) is -1.85. The molecule has 1 saturated carbocycles. The number of aryl methyl sites for hydroxylation is 1. The standard InChI is InChI=1S/C30H34F2O5.C3H6/c1-30(2,3)29(36-17-16-35-4)24-18-20(12-14-22(24)23-9-5-6-10-25(23)31)19-37-26-11-7-8-21(28(26)32)13-15-27(33)34;1-2-3-1/h5-12,14,18,29H,13,15-17,19H2,1-4H3,(H,33,34);1-3H2. The molecule has 216 valence electrons. The molecule has 1 aliphatic carbocycles. The Morgan fingerprint density at radius 2 is 1.68 bits per heavy atom. The third-order valence-electron chi connectivity index (χ3n) is 6.32. The van der Waals surface area contributed by atoms with Gasteiger partial charge >= 0.3 is 5.97 Å². The van der Waals surface area contributed by atoms with Crippen molar-refractivity contribution in [3.8, 4) is 16.9 Å². The van der Waals surface area contributed by atoms with Crippen molar-refractivity contribution in [1.29, 1.82) is 0 Å². The summed E-state index contributed by atoms with van der Waals surface area (Å²) < 4.78 is 46.9. The Morgan fingerprint density at radius 1 is 0.950 bits per heavy atom. The van der Waals surface area contributed by atoms with E-state index >= 15 is 0 Å². The van der Waals surface area contributed by atoms with E-state index < -0.39 is 11.8 Å². The number of halogens is 2. The minimum absolute atomic E-state index is 0.0475. The molecule has 5 nitrogen and oxygen atoms in total. The van der Waals surface area contributed by atoms with Crippen LogP contribution in [0.25, 0.3) is 11.1 Å². The Hall–Kier alpha value is -3.29. The van der Waals surface area contributed by atoms with Crippen LogP contribution < -0.4 is 4.74 Å². The number of hydrogen-bond acceptors (Lipinski definition) is 4. The molecule has 1 N–H and O–H groups in total. The van der Waals surface area contributed by atoms with Crippen LogP contribution in [0, 0.1) is 17.0 Å². The average Bonchev–Trinajstić information content (AvgIpc) is 3.79. The van der Waals surface area contributed by atoms with E-state index in [4.69, 9.17) is 19.3 Å². The molecule has 0 aromatic heterocycles. The lowest BCUT2D eigenvalue weighted by atomic mass is 9.81. The number of carboxylic acid groups (broad SMARTS) is 1. The fourth-order valence-electron chi connectivity index (χ4n) is 4.16. The third-order valence-corrected chi connectivity index (χ3v) is 6.32. The molecule has 0 heterocycles. The number of carbonyl (C=O) groups is 1. The molecule has 7 heteroatoms. The Labute approximate surface area is 236 Å². The van der Waals surface area contributed by atoms with Crippen LogP contribution in [0.1, 0.15) is 69.2 Å². The van der Waals surface area contributed by atoms with E-state index in [2.05, 4.69) is 20.8 Å². The van der Waals surface area contributed by atoms with Crippen molar-refractivity contribution in [3.63, 3.8) is 0 Å². The van der Waals surface area contributed by atoms with Crippen LogP contribution in [0.5, 0.6) is 5.75 Å². The summed E-state index contributed by atoms with van der Waals surface area (Å²) in [5, 5.41) is 8.91. The number of methoxy groups -OCH3 is 1. The number of hydrogen-bond donors (Lipinski definition) is 1. The van der Waals surface area contributed by atoms with Gasteiger partial charge in [0.2, 0.25) is 0 Å². The highest BCUT2D eigenvalue weighted by Gasteiger charge is 2.30. The van der Waals surface area contributed by atoms with Crippen molar-refractivity contribution in [2.24, 2.45) is 5.41 Å². The van der Waals surface area contributed by atoms with Gasteiger partial charge in [-0.25, -0.2) is 8.78 Å². The highest BCUT2D eigenvalue weighted by atomic mass is 19.1. The first-order valence-corrected chi connectivity index (χ1v) is 13.7. The van der Waals surface area contributed by atoms with Crippen molar-refractivity contribution < 1.29 is 32.9 Å². The largest absolute Gasteiger partial charge is 0.486 e. The second-order valence-corrected chi connectivity index (χ2v) is 11.0. The molecule has 1 unspecified atom stereocenters. The van der Waals surface area contributed by atoms with Gasteiger partial charge in [0.15, 0.2) is 11.6 Å². The minimum atomic E-state index is -0.991. The topological polar surface area (TPSA) is 65.0 Å². The maximum absolute atomic E-state index is 14.9. The van der Waals surface area contributed by atoms with E-state index in [1.54, 1.807) is 37.4 Å². The summed E-state index contributed by atoms with van der Waals surface area (Å²) in [7, 11) is 1.61. The SMILES string of the molecule is C1CC1.COCCOC(c1cc(COc2cccc(CCC(=O)O)c2F)ccc1-c1ccccc1F)C(C)(C)C. The molecule has 1 fully saturated rings. The third kappa shape index (κ3) is 9.42. The number of aliphatic carboxylic acids is 1. The lowest BCUT2D eigenvalue weighted by Crippen LogP contribution is -2.24. The molecule has 0 aliphatic heterocycles. The summed E-state index contributed by atoms with van der Waals surface area (Å²) in [6.07, 6.45) is 4.03. The quantitative estimate of drug-likeness (QED) is 0.229. The maximum atomic E-state index is 14.9. The Morgan fingerprint density at radius 3 is 2.30 bits per heavy atom. The normalized spacial score (nSPS) is 13.2. The summed E-state index contributed by atoms with van der Waals surface area (Å²) in [5.41, 5.74) is 2.70. The molecule has 1 atom stereocenters.